The number of nitrogens with zero attached hydrogens (tertiary/aromatic N) is 1. The number of rotatable bonds is 4. The second-order valence-corrected chi connectivity index (χ2v) is 6.38. The highest BCUT2D eigenvalue weighted by Gasteiger charge is 2.21. The van der Waals surface area contributed by atoms with Crippen LogP contribution in [0.3, 0.4) is 0 Å². The predicted molar refractivity (Wildman–Crippen MR) is 99.0 cm³/mol. The number of nitrogens with one attached hydrogen (secondary N) is 1. The summed E-state index contributed by atoms with van der Waals surface area (Å²) in [4.78, 5) is 26.0. The number of benzene rings is 2. The van der Waals surface area contributed by atoms with Crippen molar-refractivity contribution >= 4 is 34.7 Å². The lowest BCUT2D eigenvalue weighted by molar-refractivity contribution is -0.115. The van der Waals surface area contributed by atoms with E-state index in [-0.39, 0.29) is 18.2 Å². The van der Waals surface area contributed by atoms with Gasteiger partial charge >= 0.3 is 0 Å². The molecule has 0 radical (unpaired) electrons. The highest BCUT2D eigenvalue weighted by molar-refractivity contribution is 6.31. The molecule has 1 aliphatic heterocycles. The number of Topliss-reactive ketones (excluding diaryl/α,β-unsaturated/α-hetero) is 1. The zero-order valence-electron chi connectivity index (χ0n) is 14.1. The van der Waals surface area contributed by atoms with Gasteiger partial charge in [0, 0.05) is 16.3 Å². The Hall–Kier alpha value is -2.53. The number of ketones is 1. The SMILES string of the molecule is CC(=O)c1ccc2c(c1)N(CC(=O)Nc1cccc(Cl)c1C)CCO2. The molecule has 0 unspecified atom stereocenters. The molecule has 2 aromatic carbocycles. The summed E-state index contributed by atoms with van der Waals surface area (Å²) in [6, 6.07) is 10.7. The van der Waals surface area contributed by atoms with E-state index < -0.39 is 0 Å². The van der Waals surface area contributed by atoms with Gasteiger partial charge < -0.3 is 15.0 Å². The molecule has 1 heterocycles. The van der Waals surface area contributed by atoms with E-state index in [0.717, 1.165) is 11.3 Å². The van der Waals surface area contributed by atoms with Crippen LogP contribution < -0.4 is 15.0 Å². The number of amides is 1. The van der Waals surface area contributed by atoms with Crippen LogP contribution in [-0.2, 0) is 4.79 Å². The molecule has 3 rings (SSSR count). The summed E-state index contributed by atoms with van der Waals surface area (Å²) in [6.07, 6.45) is 0. The van der Waals surface area contributed by atoms with Gasteiger partial charge in [0.1, 0.15) is 12.4 Å². The molecule has 0 saturated carbocycles. The van der Waals surface area contributed by atoms with E-state index in [1.54, 1.807) is 30.3 Å². The van der Waals surface area contributed by atoms with Crippen molar-refractivity contribution in [3.8, 4) is 5.75 Å². The molecular formula is C19H19ClN2O3. The highest BCUT2D eigenvalue weighted by atomic mass is 35.5. The van der Waals surface area contributed by atoms with Crippen molar-refractivity contribution < 1.29 is 14.3 Å². The zero-order valence-corrected chi connectivity index (χ0v) is 14.9. The predicted octanol–water partition coefficient (Wildman–Crippen LogP) is 3.69. The number of ether oxygens (including phenoxy) is 1. The number of hydrogen-bond acceptors (Lipinski definition) is 4. The number of carbonyl (C=O) groups is 2. The molecule has 0 atom stereocenters. The van der Waals surface area contributed by atoms with E-state index in [0.29, 0.717) is 35.2 Å². The summed E-state index contributed by atoms with van der Waals surface area (Å²) >= 11 is 6.09. The molecule has 1 aliphatic rings. The summed E-state index contributed by atoms with van der Waals surface area (Å²) in [7, 11) is 0. The molecule has 6 heteroatoms. The van der Waals surface area contributed by atoms with E-state index in [2.05, 4.69) is 5.32 Å². The molecule has 1 amide bonds. The second kappa shape index (κ2) is 7.15. The van der Waals surface area contributed by atoms with Crippen molar-refractivity contribution in [3.63, 3.8) is 0 Å². The molecular weight excluding hydrogens is 340 g/mol. The van der Waals surface area contributed by atoms with Crippen molar-refractivity contribution in [2.45, 2.75) is 13.8 Å². The van der Waals surface area contributed by atoms with Crippen LogP contribution in [0.1, 0.15) is 22.8 Å². The Morgan fingerprint density at radius 1 is 1.28 bits per heavy atom. The number of halogens is 1. The maximum Gasteiger partial charge on any atom is 0.243 e. The molecule has 0 bridgehead atoms. The molecule has 0 fully saturated rings. The average molecular weight is 359 g/mol. The normalized spacial score (nSPS) is 13.0. The number of fused-ring (bicyclic) bond motifs is 1. The van der Waals surface area contributed by atoms with Gasteiger partial charge in [-0.15, -0.1) is 0 Å². The minimum absolute atomic E-state index is 0.0210. The Kier molecular flexibility index (Phi) is 4.95. The largest absolute Gasteiger partial charge is 0.490 e. The lowest BCUT2D eigenvalue weighted by Crippen LogP contribution is -2.39. The quantitative estimate of drug-likeness (QED) is 0.847. The first-order valence-corrected chi connectivity index (χ1v) is 8.41. The van der Waals surface area contributed by atoms with Gasteiger partial charge in [0.2, 0.25) is 5.91 Å². The Bertz CT molecular complexity index is 835. The van der Waals surface area contributed by atoms with Gasteiger partial charge in [0.05, 0.1) is 18.8 Å². The van der Waals surface area contributed by atoms with Gasteiger partial charge in [0.25, 0.3) is 0 Å². The second-order valence-electron chi connectivity index (χ2n) is 5.97. The lowest BCUT2D eigenvalue weighted by Gasteiger charge is -2.31. The first kappa shape index (κ1) is 17.3. The maximum atomic E-state index is 12.5. The van der Waals surface area contributed by atoms with E-state index in [1.807, 2.05) is 17.9 Å². The van der Waals surface area contributed by atoms with Crippen LogP contribution in [0.25, 0.3) is 0 Å². The summed E-state index contributed by atoms with van der Waals surface area (Å²) in [5, 5.41) is 3.51. The van der Waals surface area contributed by atoms with Crippen molar-refractivity contribution in [1.29, 1.82) is 0 Å². The van der Waals surface area contributed by atoms with Crippen LogP contribution in [0.2, 0.25) is 5.02 Å². The van der Waals surface area contributed by atoms with Crippen LogP contribution in [0, 0.1) is 6.92 Å². The van der Waals surface area contributed by atoms with Gasteiger partial charge in [-0.1, -0.05) is 17.7 Å². The standard InChI is InChI=1S/C19H19ClN2O3/c1-12-15(20)4-3-5-16(12)21-19(24)11-22-8-9-25-18-7-6-14(13(2)23)10-17(18)22/h3-7,10H,8-9,11H2,1-2H3,(H,21,24). The third-order valence-electron chi connectivity index (χ3n) is 4.20. The molecule has 0 saturated heterocycles. The lowest BCUT2D eigenvalue weighted by atomic mass is 10.1. The fraction of sp³-hybridized carbons (Fsp3) is 0.263. The van der Waals surface area contributed by atoms with Crippen LogP contribution >= 0.6 is 11.6 Å². The fourth-order valence-electron chi connectivity index (χ4n) is 2.76. The van der Waals surface area contributed by atoms with Crippen molar-refractivity contribution in [2.24, 2.45) is 0 Å². The number of carbonyl (C=O) groups excluding carboxylic acids is 2. The molecule has 25 heavy (non-hydrogen) atoms. The highest BCUT2D eigenvalue weighted by Crippen LogP contribution is 2.32. The van der Waals surface area contributed by atoms with Gasteiger partial charge in [-0.05, 0) is 49.7 Å². The van der Waals surface area contributed by atoms with E-state index in [1.165, 1.54) is 6.92 Å². The summed E-state index contributed by atoms with van der Waals surface area (Å²) < 4.78 is 5.62. The molecule has 130 valence electrons. The van der Waals surface area contributed by atoms with Crippen LogP contribution in [0.5, 0.6) is 5.75 Å². The monoisotopic (exact) mass is 358 g/mol. The number of hydrogen-bond donors (Lipinski definition) is 1. The van der Waals surface area contributed by atoms with Gasteiger partial charge in [-0.2, -0.15) is 0 Å². The topological polar surface area (TPSA) is 58.6 Å². The average Bonchev–Trinajstić information content (AvgIpc) is 2.59. The third-order valence-corrected chi connectivity index (χ3v) is 4.61. The van der Waals surface area contributed by atoms with E-state index >= 15 is 0 Å². The Morgan fingerprint density at radius 2 is 2.08 bits per heavy atom. The first-order valence-electron chi connectivity index (χ1n) is 8.03. The van der Waals surface area contributed by atoms with Crippen LogP contribution in [-0.4, -0.2) is 31.4 Å². The molecule has 0 aliphatic carbocycles. The smallest absolute Gasteiger partial charge is 0.243 e. The molecule has 2 aromatic rings. The van der Waals surface area contributed by atoms with Crippen LogP contribution in [0.4, 0.5) is 11.4 Å². The maximum absolute atomic E-state index is 12.5. The Balaban J connectivity index is 1.78. The molecule has 0 spiro atoms. The summed E-state index contributed by atoms with van der Waals surface area (Å²) in [5.41, 5.74) is 2.89. The summed E-state index contributed by atoms with van der Waals surface area (Å²) in [6.45, 7) is 4.63. The fourth-order valence-corrected chi connectivity index (χ4v) is 2.94. The van der Waals surface area contributed by atoms with E-state index in [4.69, 9.17) is 16.3 Å². The first-order chi connectivity index (χ1) is 12.0. The number of anilines is 2. The van der Waals surface area contributed by atoms with Crippen LogP contribution in [0.15, 0.2) is 36.4 Å². The van der Waals surface area contributed by atoms with Crippen molar-refractivity contribution in [2.75, 3.05) is 29.9 Å². The van der Waals surface area contributed by atoms with Gasteiger partial charge in [-0.3, -0.25) is 9.59 Å². The Morgan fingerprint density at radius 3 is 2.84 bits per heavy atom. The molecule has 5 nitrogen and oxygen atoms in total. The minimum Gasteiger partial charge on any atom is -0.490 e. The minimum atomic E-state index is -0.147. The van der Waals surface area contributed by atoms with Crippen molar-refractivity contribution in [3.05, 3.63) is 52.5 Å². The third kappa shape index (κ3) is 3.77. The Labute approximate surface area is 151 Å². The zero-order chi connectivity index (χ0) is 18.0. The summed E-state index contributed by atoms with van der Waals surface area (Å²) in [5.74, 6) is 0.516. The van der Waals surface area contributed by atoms with Gasteiger partial charge in [0.15, 0.2) is 5.78 Å². The molecule has 1 N–H and O–H groups in total. The van der Waals surface area contributed by atoms with Crippen molar-refractivity contribution in [1.82, 2.24) is 0 Å². The van der Waals surface area contributed by atoms with E-state index in [9.17, 15) is 9.59 Å². The molecule has 0 aromatic heterocycles. The van der Waals surface area contributed by atoms with Gasteiger partial charge in [-0.25, -0.2) is 0 Å².